The standard InChI is InChI=1S/C20H20N2O4/c1-2-13-3-6-15(7-4-13)21-19(24)10-8-17(23)14-5-9-18-16(11-14)22-20(25)12-26-18/h3-7,9,11H,2,8,10,12H2,1H3,(H,21,24)(H,22,25). The normalized spacial score (nSPS) is 12.6. The lowest BCUT2D eigenvalue weighted by atomic mass is 10.0. The lowest BCUT2D eigenvalue weighted by Gasteiger charge is -2.18. The Morgan fingerprint density at radius 3 is 2.62 bits per heavy atom. The van der Waals surface area contributed by atoms with E-state index in [2.05, 4.69) is 17.6 Å². The first kappa shape index (κ1) is 17.7. The largest absolute Gasteiger partial charge is 0.482 e. The number of ketones is 1. The van der Waals surface area contributed by atoms with Crippen molar-refractivity contribution in [1.82, 2.24) is 0 Å². The minimum absolute atomic E-state index is 0.0281. The number of carbonyl (C=O) groups excluding carboxylic acids is 3. The first-order chi connectivity index (χ1) is 12.5. The van der Waals surface area contributed by atoms with E-state index in [1.807, 2.05) is 24.3 Å². The molecule has 0 spiro atoms. The third-order valence-corrected chi connectivity index (χ3v) is 4.16. The monoisotopic (exact) mass is 352 g/mol. The maximum atomic E-state index is 12.3. The highest BCUT2D eigenvalue weighted by Gasteiger charge is 2.18. The van der Waals surface area contributed by atoms with Crippen LogP contribution in [0, 0.1) is 0 Å². The van der Waals surface area contributed by atoms with E-state index in [4.69, 9.17) is 4.74 Å². The van der Waals surface area contributed by atoms with E-state index in [0.29, 0.717) is 22.7 Å². The number of hydrogen-bond donors (Lipinski definition) is 2. The Morgan fingerprint density at radius 2 is 1.88 bits per heavy atom. The van der Waals surface area contributed by atoms with Gasteiger partial charge in [-0.15, -0.1) is 0 Å². The molecule has 134 valence electrons. The zero-order chi connectivity index (χ0) is 18.5. The average Bonchev–Trinajstić information content (AvgIpc) is 2.66. The zero-order valence-electron chi connectivity index (χ0n) is 14.5. The van der Waals surface area contributed by atoms with Crippen LogP contribution in [-0.2, 0) is 16.0 Å². The lowest BCUT2D eigenvalue weighted by molar-refractivity contribution is -0.118. The molecule has 0 radical (unpaired) electrons. The summed E-state index contributed by atoms with van der Waals surface area (Å²) in [7, 11) is 0. The summed E-state index contributed by atoms with van der Waals surface area (Å²) in [5.74, 6) is -0.0914. The average molecular weight is 352 g/mol. The first-order valence-electron chi connectivity index (χ1n) is 8.54. The number of hydrogen-bond acceptors (Lipinski definition) is 4. The number of aryl methyl sites for hydroxylation is 1. The molecule has 0 aromatic heterocycles. The van der Waals surface area contributed by atoms with Gasteiger partial charge in [-0.3, -0.25) is 14.4 Å². The van der Waals surface area contributed by atoms with E-state index in [1.54, 1.807) is 18.2 Å². The highest BCUT2D eigenvalue weighted by atomic mass is 16.5. The third kappa shape index (κ3) is 4.27. The molecule has 0 unspecified atom stereocenters. The van der Waals surface area contributed by atoms with E-state index in [-0.39, 0.29) is 37.0 Å². The molecule has 0 saturated carbocycles. The Balaban J connectivity index is 1.55. The minimum atomic E-state index is -0.254. The molecule has 2 aromatic carbocycles. The molecule has 0 atom stereocenters. The van der Waals surface area contributed by atoms with Gasteiger partial charge < -0.3 is 15.4 Å². The number of benzene rings is 2. The molecule has 0 fully saturated rings. The van der Waals surface area contributed by atoms with Gasteiger partial charge in [0.1, 0.15) is 5.75 Å². The van der Waals surface area contributed by atoms with Crippen LogP contribution in [0.1, 0.15) is 35.7 Å². The van der Waals surface area contributed by atoms with Crippen molar-refractivity contribution in [3.8, 4) is 5.75 Å². The van der Waals surface area contributed by atoms with Gasteiger partial charge in [-0.25, -0.2) is 0 Å². The molecule has 2 N–H and O–H groups in total. The van der Waals surface area contributed by atoms with Gasteiger partial charge in [0.25, 0.3) is 5.91 Å². The second kappa shape index (κ2) is 7.82. The fraction of sp³-hybridized carbons (Fsp3) is 0.250. The summed E-state index contributed by atoms with van der Waals surface area (Å²) in [5, 5.41) is 5.45. The fourth-order valence-electron chi connectivity index (χ4n) is 2.68. The quantitative estimate of drug-likeness (QED) is 0.782. The number of nitrogens with one attached hydrogen (secondary N) is 2. The number of Topliss-reactive ketones (excluding diaryl/α,β-unsaturated/α-hetero) is 1. The molecule has 6 nitrogen and oxygen atoms in total. The molecule has 26 heavy (non-hydrogen) atoms. The number of rotatable bonds is 6. The molecule has 2 amide bonds. The number of amides is 2. The molecule has 0 saturated heterocycles. The molecule has 0 aliphatic carbocycles. The van der Waals surface area contributed by atoms with Crippen molar-refractivity contribution >= 4 is 29.0 Å². The van der Waals surface area contributed by atoms with Crippen LogP contribution in [0.2, 0.25) is 0 Å². The molecule has 3 rings (SSSR count). The number of fused-ring (bicyclic) bond motifs is 1. The van der Waals surface area contributed by atoms with Crippen molar-refractivity contribution in [1.29, 1.82) is 0 Å². The molecule has 2 aromatic rings. The maximum Gasteiger partial charge on any atom is 0.262 e. The summed E-state index contributed by atoms with van der Waals surface area (Å²) < 4.78 is 5.26. The summed E-state index contributed by atoms with van der Waals surface area (Å²) in [6, 6.07) is 12.5. The van der Waals surface area contributed by atoms with Crippen molar-refractivity contribution in [2.75, 3.05) is 17.2 Å². The van der Waals surface area contributed by atoms with Crippen LogP contribution in [0.5, 0.6) is 5.75 Å². The van der Waals surface area contributed by atoms with Crippen LogP contribution < -0.4 is 15.4 Å². The van der Waals surface area contributed by atoms with Gasteiger partial charge in [0, 0.05) is 24.1 Å². The molecule has 0 bridgehead atoms. The smallest absolute Gasteiger partial charge is 0.262 e. The Morgan fingerprint density at radius 1 is 1.12 bits per heavy atom. The van der Waals surface area contributed by atoms with E-state index in [9.17, 15) is 14.4 Å². The topological polar surface area (TPSA) is 84.5 Å². The number of anilines is 2. The van der Waals surface area contributed by atoms with Gasteiger partial charge >= 0.3 is 0 Å². The Labute approximate surface area is 151 Å². The summed E-state index contributed by atoms with van der Waals surface area (Å²) in [6.45, 7) is 2.04. The van der Waals surface area contributed by atoms with Crippen LogP contribution in [0.4, 0.5) is 11.4 Å². The summed E-state index contributed by atoms with van der Waals surface area (Å²) in [4.78, 5) is 35.7. The fourth-order valence-corrected chi connectivity index (χ4v) is 2.68. The Kier molecular flexibility index (Phi) is 5.31. The van der Waals surface area contributed by atoms with Crippen molar-refractivity contribution < 1.29 is 19.1 Å². The summed E-state index contributed by atoms with van der Waals surface area (Å²) in [6.07, 6.45) is 1.12. The highest BCUT2D eigenvalue weighted by molar-refractivity contribution is 6.02. The minimum Gasteiger partial charge on any atom is -0.482 e. The van der Waals surface area contributed by atoms with Crippen LogP contribution >= 0.6 is 0 Å². The number of ether oxygens (including phenoxy) is 1. The maximum absolute atomic E-state index is 12.3. The van der Waals surface area contributed by atoms with Crippen molar-refractivity contribution in [3.05, 3.63) is 53.6 Å². The number of carbonyl (C=O) groups is 3. The van der Waals surface area contributed by atoms with Gasteiger partial charge in [-0.05, 0) is 42.3 Å². The van der Waals surface area contributed by atoms with Crippen molar-refractivity contribution in [2.24, 2.45) is 0 Å². The zero-order valence-corrected chi connectivity index (χ0v) is 14.5. The van der Waals surface area contributed by atoms with Crippen molar-refractivity contribution in [2.45, 2.75) is 26.2 Å². The van der Waals surface area contributed by atoms with Crippen LogP contribution in [0.15, 0.2) is 42.5 Å². The van der Waals surface area contributed by atoms with Crippen LogP contribution in [0.25, 0.3) is 0 Å². The van der Waals surface area contributed by atoms with Crippen molar-refractivity contribution in [3.63, 3.8) is 0 Å². The van der Waals surface area contributed by atoms with Crippen LogP contribution in [-0.4, -0.2) is 24.2 Å². The van der Waals surface area contributed by atoms with Gasteiger partial charge in [0.05, 0.1) is 5.69 Å². The van der Waals surface area contributed by atoms with Gasteiger partial charge in [-0.2, -0.15) is 0 Å². The molecule has 1 aliphatic heterocycles. The van der Waals surface area contributed by atoms with Gasteiger partial charge in [-0.1, -0.05) is 19.1 Å². The molecular formula is C20H20N2O4. The molecule has 6 heteroatoms. The van der Waals surface area contributed by atoms with E-state index in [0.717, 1.165) is 6.42 Å². The molecular weight excluding hydrogens is 332 g/mol. The first-order valence-corrected chi connectivity index (χ1v) is 8.54. The van der Waals surface area contributed by atoms with Gasteiger partial charge in [0.15, 0.2) is 12.4 Å². The molecule has 1 aliphatic rings. The molecule has 1 heterocycles. The summed E-state index contributed by atoms with van der Waals surface area (Å²) >= 11 is 0. The van der Waals surface area contributed by atoms with E-state index >= 15 is 0 Å². The lowest BCUT2D eigenvalue weighted by Crippen LogP contribution is -2.25. The SMILES string of the molecule is CCc1ccc(NC(=O)CCC(=O)c2ccc3c(c2)NC(=O)CO3)cc1. The van der Waals surface area contributed by atoms with Gasteiger partial charge in [0.2, 0.25) is 5.91 Å². The Bertz CT molecular complexity index is 843. The van der Waals surface area contributed by atoms with Crippen LogP contribution in [0.3, 0.4) is 0 Å². The second-order valence-electron chi connectivity index (χ2n) is 6.07. The second-order valence-corrected chi connectivity index (χ2v) is 6.07. The Hall–Kier alpha value is -3.15. The third-order valence-electron chi connectivity index (χ3n) is 4.16. The summed E-state index contributed by atoms with van der Waals surface area (Å²) in [5.41, 5.74) is 2.83. The highest BCUT2D eigenvalue weighted by Crippen LogP contribution is 2.29. The van der Waals surface area contributed by atoms with E-state index < -0.39 is 0 Å². The predicted molar refractivity (Wildman–Crippen MR) is 98.6 cm³/mol. The van der Waals surface area contributed by atoms with E-state index in [1.165, 1.54) is 5.56 Å². The predicted octanol–water partition coefficient (Wildman–Crippen LogP) is 3.18.